The number of rotatable bonds is 3. The van der Waals surface area contributed by atoms with Gasteiger partial charge in [-0.2, -0.15) is 0 Å². The molecule has 20 heavy (non-hydrogen) atoms. The summed E-state index contributed by atoms with van der Waals surface area (Å²) in [5.74, 6) is 1.08. The minimum absolute atomic E-state index is 0.460. The smallest absolute Gasteiger partial charge is 0.229 e. The lowest BCUT2D eigenvalue weighted by molar-refractivity contribution is -0.268. The Morgan fingerprint density at radius 2 is 1.65 bits per heavy atom. The Balaban J connectivity index is 2.15. The zero-order chi connectivity index (χ0) is 14.9. The number of aryl methyl sites for hydroxylation is 1. The summed E-state index contributed by atoms with van der Waals surface area (Å²) in [6.45, 7) is 3.49. The normalized spacial score (nSPS) is 33.8. The zero-order valence-corrected chi connectivity index (χ0v) is 11.7. The van der Waals surface area contributed by atoms with Crippen molar-refractivity contribution < 1.29 is 29.5 Å². The highest BCUT2D eigenvalue weighted by Crippen LogP contribution is 2.27. The Labute approximate surface area is 117 Å². The number of ether oxygens (including phenoxy) is 3. The molecule has 3 N–H and O–H groups in total. The van der Waals surface area contributed by atoms with E-state index in [1.165, 1.54) is 0 Å². The second-order valence-corrected chi connectivity index (χ2v) is 4.99. The number of hydrogen-bond acceptors (Lipinski definition) is 6. The zero-order valence-electron chi connectivity index (χ0n) is 11.7. The minimum atomic E-state index is -1.33. The molecule has 6 nitrogen and oxygen atoms in total. The third-order valence-electron chi connectivity index (χ3n) is 3.32. The fraction of sp³-hybridized carbons (Fsp3) is 0.571. The molecule has 0 spiro atoms. The van der Waals surface area contributed by atoms with E-state index in [0.717, 1.165) is 5.56 Å². The molecule has 1 saturated heterocycles. The van der Waals surface area contributed by atoms with Gasteiger partial charge in [0.05, 0.1) is 13.2 Å². The first kappa shape index (κ1) is 15.1. The third-order valence-corrected chi connectivity index (χ3v) is 3.32. The Bertz CT molecular complexity index is 463. The van der Waals surface area contributed by atoms with Crippen molar-refractivity contribution in [3.05, 3.63) is 23.8 Å². The Morgan fingerprint density at radius 3 is 2.30 bits per heavy atom. The van der Waals surface area contributed by atoms with E-state index in [2.05, 4.69) is 0 Å². The average Bonchev–Trinajstić information content (AvgIpc) is 2.41. The van der Waals surface area contributed by atoms with E-state index in [1.54, 1.807) is 26.2 Å². The number of benzene rings is 1. The van der Waals surface area contributed by atoms with Gasteiger partial charge in [-0.25, -0.2) is 0 Å². The van der Waals surface area contributed by atoms with Crippen LogP contribution >= 0.6 is 0 Å². The fourth-order valence-corrected chi connectivity index (χ4v) is 2.14. The molecule has 0 bridgehead atoms. The van der Waals surface area contributed by atoms with Crippen molar-refractivity contribution in [3.63, 3.8) is 0 Å². The summed E-state index contributed by atoms with van der Waals surface area (Å²) < 4.78 is 16.1. The molecule has 2 rings (SSSR count). The van der Waals surface area contributed by atoms with E-state index in [-0.39, 0.29) is 0 Å². The first-order valence-corrected chi connectivity index (χ1v) is 6.44. The van der Waals surface area contributed by atoms with Gasteiger partial charge < -0.3 is 29.5 Å². The van der Waals surface area contributed by atoms with Crippen molar-refractivity contribution in [2.24, 2.45) is 0 Å². The first-order valence-electron chi connectivity index (χ1n) is 6.44. The Kier molecular flexibility index (Phi) is 4.49. The van der Waals surface area contributed by atoms with Crippen LogP contribution in [0.5, 0.6) is 11.5 Å². The van der Waals surface area contributed by atoms with Crippen LogP contribution in [-0.2, 0) is 4.74 Å². The minimum Gasteiger partial charge on any atom is -0.497 e. The van der Waals surface area contributed by atoms with Crippen LogP contribution in [0, 0.1) is 6.92 Å². The van der Waals surface area contributed by atoms with E-state index < -0.39 is 30.7 Å². The Morgan fingerprint density at radius 1 is 1.00 bits per heavy atom. The molecule has 1 aliphatic rings. The van der Waals surface area contributed by atoms with Gasteiger partial charge in [0.1, 0.15) is 29.8 Å². The molecule has 0 amide bonds. The van der Waals surface area contributed by atoms with Gasteiger partial charge in [-0.3, -0.25) is 0 Å². The predicted molar refractivity (Wildman–Crippen MR) is 70.7 cm³/mol. The lowest BCUT2D eigenvalue weighted by Crippen LogP contribution is -2.58. The van der Waals surface area contributed by atoms with Crippen LogP contribution in [0.15, 0.2) is 18.2 Å². The molecule has 1 fully saturated rings. The molecule has 0 radical (unpaired) electrons. The Hall–Kier alpha value is -1.34. The second-order valence-electron chi connectivity index (χ2n) is 4.99. The number of hydrogen-bond donors (Lipinski definition) is 3. The summed E-state index contributed by atoms with van der Waals surface area (Å²) in [5, 5.41) is 29.2. The molecule has 1 aromatic rings. The molecular weight excluding hydrogens is 264 g/mol. The summed E-state index contributed by atoms with van der Waals surface area (Å²) in [6, 6.07) is 5.26. The van der Waals surface area contributed by atoms with Crippen LogP contribution in [0.2, 0.25) is 0 Å². The maximum atomic E-state index is 9.89. The van der Waals surface area contributed by atoms with Gasteiger partial charge in [-0.05, 0) is 31.5 Å². The number of aliphatic hydroxyl groups excluding tert-OH is 3. The van der Waals surface area contributed by atoms with Crippen molar-refractivity contribution in [3.8, 4) is 11.5 Å². The van der Waals surface area contributed by atoms with Crippen molar-refractivity contribution in [1.82, 2.24) is 0 Å². The third kappa shape index (κ3) is 3.04. The maximum absolute atomic E-state index is 9.89. The molecule has 112 valence electrons. The highest BCUT2D eigenvalue weighted by atomic mass is 16.7. The molecule has 5 atom stereocenters. The molecule has 1 aromatic carbocycles. The summed E-state index contributed by atoms with van der Waals surface area (Å²) in [6.07, 6.45) is -5.46. The topological polar surface area (TPSA) is 88.4 Å². The molecule has 0 unspecified atom stereocenters. The van der Waals surface area contributed by atoms with Crippen molar-refractivity contribution in [2.75, 3.05) is 7.11 Å². The number of aliphatic hydroxyl groups is 3. The summed E-state index contributed by atoms with van der Waals surface area (Å²) in [4.78, 5) is 0. The highest BCUT2D eigenvalue weighted by Gasteiger charge is 2.43. The summed E-state index contributed by atoms with van der Waals surface area (Å²) in [5.41, 5.74) is 0.929. The van der Waals surface area contributed by atoms with Gasteiger partial charge in [0.2, 0.25) is 6.29 Å². The van der Waals surface area contributed by atoms with E-state index >= 15 is 0 Å². The first-order chi connectivity index (χ1) is 9.42. The SMILES string of the molecule is COc1cc(C)cc(O[C@@H]2O[C@@H](C)[C@H](O)[C@@H](O)[C@H]2O)c1. The fourth-order valence-electron chi connectivity index (χ4n) is 2.14. The van der Waals surface area contributed by atoms with Gasteiger partial charge in [0, 0.05) is 6.07 Å². The number of methoxy groups -OCH3 is 1. The van der Waals surface area contributed by atoms with Crippen molar-refractivity contribution in [1.29, 1.82) is 0 Å². The quantitative estimate of drug-likeness (QED) is 0.735. The van der Waals surface area contributed by atoms with Crippen LogP contribution in [-0.4, -0.2) is 53.1 Å². The van der Waals surface area contributed by atoms with Gasteiger partial charge in [0.25, 0.3) is 0 Å². The van der Waals surface area contributed by atoms with Gasteiger partial charge in [-0.15, -0.1) is 0 Å². The van der Waals surface area contributed by atoms with Crippen LogP contribution in [0.3, 0.4) is 0 Å². The highest BCUT2D eigenvalue weighted by molar-refractivity contribution is 5.37. The largest absolute Gasteiger partial charge is 0.497 e. The maximum Gasteiger partial charge on any atom is 0.229 e. The van der Waals surface area contributed by atoms with Crippen LogP contribution in [0.25, 0.3) is 0 Å². The molecule has 0 aliphatic carbocycles. The second kappa shape index (κ2) is 5.97. The lowest BCUT2D eigenvalue weighted by atomic mass is 10.00. The molecule has 1 aliphatic heterocycles. The monoisotopic (exact) mass is 284 g/mol. The van der Waals surface area contributed by atoms with Gasteiger partial charge in [0.15, 0.2) is 0 Å². The van der Waals surface area contributed by atoms with Crippen LogP contribution in [0.4, 0.5) is 0 Å². The van der Waals surface area contributed by atoms with E-state index in [1.807, 2.05) is 13.0 Å². The lowest BCUT2D eigenvalue weighted by Gasteiger charge is -2.38. The summed E-state index contributed by atoms with van der Waals surface area (Å²) in [7, 11) is 1.55. The van der Waals surface area contributed by atoms with E-state index in [4.69, 9.17) is 14.2 Å². The van der Waals surface area contributed by atoms with E-state index in [0.29, 0.717) is 11.5 Å². The van der Waals surface area contributed by atoms with Gasteiger partial charge >= 0.3 is 0 Å². The molecule has 1 heterocycles. The summed E-state index contributed by atoms with van der Waals surface area (Å²) >= 11 is 0. The van der Waals surface area contributed by atoms with E-state index in [9.17, 15) is 15.3 Å². The molecule has 0 aromatic heterocycles. The van der Waals surface area contributed by atoms with Crippen molar-refractivity contribution >= 4 is 0 Å². The standard InChI is InChI=1S/C14H20O6/c1-7-4-9(18-3)6-10(5-7)20-14-13(17)12(16)11(15)8(2)19-14/h4-6,8,11-17H,1-3H3/t8-,11-,12+,13+,14-/m0/s1. The van der Waals surface area contributed by atoms with Crippen LogP contribution < -0.4 is 9.47 Å². The predicted octanol–water partition coefficient (Wildman–Crippen LogP) is 0.210. The van der Waals surface area contributed by atoms with Crippen LogP contribution in [0.1, 0.15) is 12.5 Å². The molecule has 0 saturated carbocycles. The average molecular weight is 284 g/mol. The van der Waals surface area contributed by atoms with Gasteiger partial charge in [-0.1, -0.05) is 0 Å². The molecule has 6 heteroatoms. The molecular formula is C14H20O6. The van der Waals surface area contributed by atoms with Crippen molar-refractivity contribution in [2.45, 2.75) is 44.6 Å².